The Bertz CT molecular complexity index is 533. The largest absolute Gasteiger partial charge is 0.252 e. The van der Waals surface area contributed by atoms with Crippen LogP contribution in [-0.2, 0) is 13.5 Å². The van der Waals surface area contributed by atoms with Gasteiger partial charge < -0.3 is 0 Å². The summed E-state index contributed by atoms with van der Waals surface area (Å²) >= 11 is 0. The number of rotatable bonds is 2. The normalized spacial score (nSPS) is 11.8. The molecule has 0 atom stereocenters. The number of hydrogen-bond donors (Lipinski definition) is 0. The van der Waals surface area contributed by atoms with Crippen molar-refractivity contribution in [2.24, 2.45) is 12.5 Å². The molecule has 0 aliphatic carbocycles. The third-order valence-electron chi connectivity index (χ3n) is 2.57. The van der Waals surface area contributed by atoms with Crippen LogP contribution in [0.5, 0.6) is 0 Å². The summed E-state index contributed by atoms with van der Waals surface area (Å²) in [6.45, 7) is 8.47. The minimum absolute atomic E-state index is 0.191. The Hall–Kier alpha value is -1.78. The van der Waals surface area contributed by atoms with Crippen molar-refractivity contribution in [3.05, 3.63) is 23.7 Å². The van der Waals surface area contributed by atoms with Gasteiger partial charge in [-0.05, 0) is 24.5 Å². The molecule has 0 aliphatic heterocycles. The molecule has 18 heavy (non-hydrogen) atoms. The molecule has 2 aromatic heterocycles. The summed E-state index contributed by atoms with van der Waals surface area (Å²) in [6, 6.07) is 3.82. The lowest BCUT2D eigenvalue weighted by atomic mass is 9.92. The van der Waals surface area contributed by atoms with Crippen molar-refractivity contribution >= 4 is 0 Å². The molecule has 0 aliphatic rings. The van der Waals surface area contributed by atoms with Gasteiger partial charge in [0.15, 0.2) is 0 Å². The van der Waals surface area contributed by atoms with E-state index in [4.69, 9.17) is 0 Å². The zero-order valence-corrected chi connectivity index (χ0v) is 11.6. The monoisotopic (exact) mass is 245 g/mol. The maximum atomic E-state index is 4.54. The van der Waals surface area contributed by atoms with Gasteiger partial charge in [0, 0.05) is 13.5 Å². The van der Waals surface area contributed by atoms with Crippen molar-refractivity contribution in [2.45, 2.75) is 34.1 Å². The van der Waals surface area contributed by atoms with Gasteiger partial charge in [0.2, 0.25) is 5.82 Å². The van der Waals surface area contributed by atoms with E-state index in [1.54, 1.807) is 0 Å². The zero-order chi connectivity index (χ0) is 13.3. The Balaban J connectivity index is 2.31. The number of aromatic nitrogens is 5. The molecule has 0 amide bonds. The first-order chi connectivity index (χ1) is 8.35. The third kappa shape index (κ3) is 2.91. The van der Waals surface area contributed by atoms with Gasteiger partial charge in [0.05, 0.1) is 5.69 Å². The Morgan fingerprint density at radius 1 is 1.17 bits per heavy atom. The van der Waals surface area contributed by atoms with Gasteiger partial charge in [-0.3, -0.25) is 4.68 Å². The second-order valence-corrected chi connectivity index (χ2v) is 5.77. The molecule has 0 N–H and O–H groups in total. The fourth-order valence-corrected chi connectivity index (χ4v) is 1.67. The van der Waals surface area contributed by atoms with Crippen molar-refractivity contribution in [1.29, 1.82) is 0 Å². The Morgan fingerprint density at radius 3 is 2.44 bits per heavy atom. The second-order valence-electron chi connectivity index (χ2n) is 5.77. The van der Waals surface area contributed by atoms with Crippen molar-refractivity contribution in [1.82, 2.24) is 25.0 Å². The van der Waals surface area contributed by atoms with Gasteiger partial charge in [-0.2, -0.15) is 5.10 Å². The van der Waals surface area contributed by atoms with Crippen LogP contribution in [0.1, 0.15) is 32.3 Å². The van der Waals surface area contributed by atoms with Crippen LogP contribution in [0.2, 0.25) is 0 Å². The molecular weight excluding hydrogens is 226 g/mol. The quantitative estimate of drug-likeness (QED) is 0.813. The summed E-state index contributed by atoms with van der Waals surface area (Å²) < 4.78 is 1.82. The molecule has 0 bridgehead atoms. The van der Waals surface area contributed by atoms with Crippen LogP contribution in [-0.4, -0.2) is 25.0 Å². The average Bonchev–Trinajstić information content (AvgIpc) is 2.59. The Kier molecular flexibility index (Phi) is 3.15. The van der Waals surface area contributed by atoms with Gasteiger partial charge >= 0.3 is 0 Å². The van der Waals surface area contributed by atoms with Gasteiger partial charge in [0.25, 0.3) is 0 Å². The molecule has 2 rings (SSSR count). The SMILES string of the molecule is Cc1ccc(-c2nc(CC(C)(C)C)n(C)n2)nn1. The van der Waals surface area contributed by atoms with E-state index in [-0.39, 0.29) is 5.41 Å². The highest BCUT2D eigenvalue weighted by Gasteiger charge is 2.17. The molecular formula is C13H19N5. The van der Waals surface area contributed by atoms with Crippen LogP contribution in [0, 0.1) is 12.3 Å². The number of hydrogen-bond acceptors (Lipinski definition) is 4. The van der Waals surface area contributed by atoms with Crippen molar-refractivity contribution in [2.75, 3.05) is 0 Å². The topological polar surface area (TPSA) is 56.5 Å². The lowest BCUT2D eigenvalue weighted by molar-refractivity contribution is 0.392. The fourth-order valence-electron chi connectivity index (χ4n) is 1.67. The van der Waals surface area contributed by atoms with Crippen molar-refractivity contribution < 1.29 is 0 Å². The van der Waals surface area contributed by atoms with E-state index in [1.807, 2.05) is 30.8 Å². The zero-order valence-electron chi connectivity index (χ0n) is 11.6. The molecule has 0 spiro atoms. The van der Waals surface area contributed by atoms with Crippen LogP contribution in [0.3, 0.4) is 0 Å². The number of nitrogens with zero attached hydrogens (tertiary/aromatic N) is 5. The van der Waals surface area contributed by atoms with E-state index < -0.39 is 0 Å². The third-order valence-corrected chi connectivity index (χ3v) is 2.57. The second kappa shape index (κ2) is 4.48. The first-order valence-corrected chi connectivity index (χ1v) is 6.06. The van der Waals surface area contributed by atoms with Gasteiger partial charge in [-0.15, -0.1) is 10.2 Å². The van der Waals surface area contributed by atoms with E-state index in [0.29, 0.717) is 5.82 Å². The van der Waals surface area contributed by atoms with Gasteiger partial charge in [-0.1, -0.05) is 20.8 Å². The van der Waals surface area contributed by atoms with Crippen LogP contribution in [0.4, 0.5) is 0 Å². The molecule has 0 fully saturated rings. The Morgan fingerprint density at radius 2 is 1.89 bits per heavy atom. The van der Waals surface area contributed by atoms with E-state index in [9.17, 15) is 0 Å². The molecule has 0 saturated carbocycles. The summed E-state index contributed by atoms with van der Waals surface area (Å²) in [5.74, 6) is 1.61. The molecule has 0 radical (unpaired) electrons. The van der Waals surface area contributed by atoms with Crippen LogP contribution in [0.15, 0.2) is 12.1 Å². The smallest absolute Gasteiger partial charge is 0.201 e. The maximum absolute atomic E-state index is 4.54. The summed E-state index contributed by atoms with van der Waals surface area (Å²) in [5, 5.41) is 12.5. The summed E-state index contributed by atoms with van der Waals surface area (Å²) in [6.07, 6.45) is 0.885. The first-order valence-electron chi connectivity index (χ1n) is 6.06. The predicted octanol–water partition coefficient (Wildman–Crippen LogP) is 2.17. The van der Waals surface area contributed by atoms with Crippen LogP contribution < -0.4 is 0 Å². The standard InChI is InChI=1S/C13H19N5/c1-9-6-7-10(16-15-9)12-14-11(18(5)17-12)8-13(2,3)4/h6-7H,8H2,1-5H3. The van der Waals surface area contributed by atoms with Crippen molar-refractivity contribution in [3.8, 4) is 11.5 Å². The highest BCUT2D eigenvalue weighted by molar-refractivity contribution is 5.47. The molecule has 5 heteroatoms. The first kappa shape index (κ1) is 12.7. The van der Waals surface area contributed by atoms with E-state index >= 15 is 0 Å². The summed E-state index contributed by atoms with van der Waals surface area (Å²) in [5.41, 5.74) is 1.80. The van der Waals surface area contributed by atoms with Crippen LogP contribution >= 0.6 is 0 Å². The Labute approximate surface area is 107 Å². The molecule has 5 nitrogen and oxygen atoms in total. The van der Waals surface area contributed by atoms with E-state index in [0.717, 1.165) is 23.6 Å². The van der Waals surface area contributed by atoms with Gasteiger partial charge in [-0.25, -0.2) is 4.98 Å². The lowest BCUT2D eigenvalue weighted by Gasteiger charge is -2.16. The summed E-state index contributed by atoms with van der Waals surface area (Å²) in [4.78, 5) is 4.54. The number of aryl methyl sites for hydroxylation is 2. The van der Waals surface area contributed by atoms with Gasteiger partial charge in [0.1, 0.15) is 11.5 Å². The molecule has 0 unspecified atom stereocenters. The highest BCUT2D eigenvalue weighted by Crippen LogP contribution is 2.20. The molecule has 0 saturated heterocycles. The van der Waals surface area contributed by atoms with Crippen molar-refractivity contribution in [3.63, 3.8) is 0 Å². The van der Waals surface area contributed by atoms with E-state index in [2.05, 4.69) is 41.1 Å². The molecule has 2 aromatic rings. The maximum Gasteiger partial charge on any atom is 0.201 e. The highest BCUT2D eigenvalue weighted by atomic mass is 15.3. The van der Waals surface area contributed by atoms with Crippen LogP contribution in [0.25, 0.3) is 11.5 Å². The summed E-state index contributed by atoms with van der Waals surface area (Å²) in [7, 11) is 1.92. The predicted molar refractivity (Wildman–Crippen MR) is 69.9 cm³/mol. The molecule has 96 valence electrons. The average molecular weight is 245 g/mol. The minimum atomic E-state index is 0.191. The lowest BCUT2D eigenvalue weighted by Crippen LogP contribution is -2.13. The van der Waals surface area contributed by atoms with E-state index in [1.165, 1.54) is 0 Å². The fraction of sp³-hybridized carbons (Fsp3) is 0.538. The molecule has 2 heterocycles. The molecule has 0 aromatic carbocycles. The minimum Gasteiger partial charge on any atom is -0.252 e.